The Morgan fingerprint density at radius 1 is 1.22 bits per heavy atom. The Hall–Kier alpha value is -2.47. The SMILES string of the molecule is O=C1OC2(CCN(C(=O)C3(c4ccc(F)cc4Cl)CC3)C2)c2ccncc21. The first-order valence-electron chi connectivity index (χ1n) is 8.88. The Labute approximate surface area is 160 Å². The first-order chi connectivity index (χ1) is 13.0. The van der Waals surface area contributed by atoms with Crippen LogP contribution in [0.15, 0.2) is 36.7 Å². The number of fused-ring (bicyclic) bond motifs is 2. The van der Waals surface area contributed by atoms with Crippen molar-refractivity contribution in [2.75, 3.05) is 13.1 Å². The van der Waals surface area contributed by atoms with Crippen LogP contribution in [-0.4, -0.2) is 34.8 Å². The number of carbonyl (C=O) groups excluding carboxylic acids is 2. The molecule has 0 bridgehead atoms. The fourth-order valence-corrected chi connectivity index (χ4v) is 4.75. The second kappa shape index (κ2) is 5.52. The van der Waals surface area contributed by atoms with Gasteiger partial charge in [0, 0.05) is 35.9 Å². The van der Waals surface area contributed by atoms with Crippen molar-refractivity contribution < 1.29 is 18.7 Å². The van der Waals surface area contributed by atoms with Gasteiger partial charge in [-0.2, -0.15) is 0 Å². The molecule has 0 N–H and O–H groups in total. The van der Waals surface area contributed by atoms with E-state index < -0.39 is 22.8 Å². The van der Waals surface area contributed by atoms with Crippen molar-refractivity contribution >= 4 is 23.5 Å². The highest BCUT2D eigenvalue weighted by Crippen LogP contribution is 2.53. The molecule has 1 aromatic carbocycles. The Kier molecular flexibility index (Phi) is 3.41. The van der Waals surface area contributed by atoms with Crippen molar-refractivity contribution in [3.8, 4) is 0 Å². The van der Waals surface area contributed by atoms with Crippen molar-refractivity contribution in [3.05, 3.63) is 64.2 Å². The maximum atomic E-state index is 13.4. The molecule has 0 radical (unpaired) electrons. The number of hydrogen-bond acceptors (Lipinski definition) is 4. The Bertz CT molecular complexity index is 991. The summed E-state index contributed by atoms with van der Waals surface area (Å²) in [5.41, 5.74) is 0.440. The fourth-order valence-electron chi connectivity index (χ4n) is 4.40. The number of esters is 1. The highest BCUT2D eigenvalue weighted by atomic mass is 35.5. The standard InChI is InChI=1S/C20H16ClFN2O3/c21-16-9-12(22)1-2-15(16)19(4-5-19)18(26)24-8-6-20(11-24)14-3-7-23-10-13(14)17(25)27-20/h1-3,7,9-10H,4-6,8,11H2. The van der Waals surface area contributed by atoms with Crippen LogP contribution in [0.5, 0.6) is 0 Å². The van der Waals surface area contributed by atoms with E-state index >= 15 is 0 Å². The third kappa shape index (κ3) is 2.32. The number of rotatable bonds is 2. The van der Waals surface area contributed by atoms with Crippen LogP contribution in [0.2, 0.25) is 5.02 Å². The number of ether oxygens (including phenoxy) is 1. The largest absolute Gasteiger partial charge is 0.449 e. The molecule has 1 unspecified atom stereocenters. The number of benzene rings is 1. The summed E-state index contributed by atoms with van der Waals surface area (Å²) >= 11 is 6.22. The van der Waals surface area contributed by atoms with E-state index in [0.717, 1.165) is 5.56 Å². The number of aromatic nitrogens is 1. The number of nitrogens with zero attached hydrogens (tertiary/aromatic N) is 2. The van der Waals surface area contributed by atoms with Crippen LogP contribution in [0.25, 0.3) is 0 Å². The van der Waals surface area contributed by atoms with Gasteiger partial charge < -0.3 is 9.64 Å². The van der Waals surface area contributed by atoms with E-state index in [1.807, 2.05) is 0 Å². The molecule has 2 aromatic rings. The minimum absolute atomic E-state index is 0.0357. The van der Waals surface area contributed by atoms with Crippen molar-refractivity contribution in [1.82, 2.24) is 9.88 Å². The first kappa shape index (κ1) is 16.7. The zero-order valence-corrected chi connectivity index (χ0v) is 15.1. The number of pyridine rings is 1. The van der Waals surface area contributed by atoms with Crippen LogP contribution in [0.3, 0.4) is 0 Å². The lowest BCUT2D eigenvalue weighted by molar-refractivity contribution is -0.134. The molecule has 1 aliphatic carbocycles. The second-order valence-corrected chi connectivity index (χ2v) is 7.90. The van der Waals surface area contributed by atoms with Crippen molar-refractivity contribution in [2.45, 2.75) is 30.3 Å². The summed E-state index contributed by atoms with van der Waals surface area (Å²) in [6, 6.07) is 5.97. The second-order valence-electron chi connectivity index (χ2n) is 7.49. The zero-order valence-electron chi connectivity index (χ0n) is 14.4. The lowest BCUT2D eigenvalue weighted by atomic mass is 9.92. The van der Waals surface area contributed by atoms with E-state index in [2.05, 4.69) is 4.98 Å². The summed E-state index contributed by atoms with van der Waals surface area (Å²) in [4.78, 5) is 31.3. The summed E-state index contributed by atoms with van der Waals surface area (Å²) in [7, 11) is 0. The molecule has 5 rings (SSSR count). The number of likely N-dealkylation sites (tertiary alicyclic amines) is 1. The molecule has 138 valence electrons. The predicted molar refractivity (Wildman–Crippen MR) is 94.8 cm³/mol. The van der Waals surface area contributed by atoms with E-state index in [0.29, 0.717) is 43.5 Å². The van der Waals surface area contributed by atoms with Crippen molar-refractivity contribution in [3.63, 3.8) is 0 Å². The van der Waals surface area contributed by atoms with Gasteiger partial charge in [-0.1, -0.05) is 17.7 Å². The normalized spacial score (nSPS) is 24.8. The minimum atomic E-state index is -0.798. The van der Waals surface area contributed by atoms with E-state index in [1.54, 1.807) is 23.2 Å². The summed E-state index contributed by atoms with van der Waals surface area (Å²) in [6.07, 6.45) is 5.06. The van der Waals surface area contributed by atoms with Gasteiger partial charge in [0.1, 0.15) is 5.82 Å². The van der Waals surface area contributed by atoms with Gasteiger partial charge in [0.2, 0.25) is 5.91 Å². The molecular weight excluding hydrogens is 371 g/mol. The predicted octanol–water partition coefficient (Wildman–Crippen LogP) is 3.20. The summed E-state index contributed by atoms with van der Waals surface area (Å²) < 4.78 is 19.1. The molecule has 27 heavy (non-hydrogen) atoms. The highest BCUT2D eigenvalue weighted by molar-refractivity contribution is 6.32. The molecule has 1 saturated carbocycles. The van der Waals surface area contributed by atoms with Gasteiger partial charge in [0.25, 0.3) is 0 Å². The molecule has 1 aromatic heterocycles. The maximum Gasteiger partial charge on any atom is 0.341 e. The number of amides is 1. The van der Waals surface area contributed by atoms with Crippen LogP contribution >= 0.6 is 11.6 Å². The molecule has 2 fully saturated rings. The van der Waals surface area contributed by atoms with E-state index in [-0.39, 0.29) is 10.9 Å². The number of halogens is 2. The van der Waals surface area contributed by atoms with Gasteiger partial charge >= 0.3 is 5.97 Å². The quantitative estimate of drug-likeness (QED) is 0.744. The molecule has 1 amide bonds. The van der Waals surface area contributed by atoms with Crippen molar-refractivity contribution in [1.29, 1.82) is 0 Å². The molecule has 1 saturated heterocycles. The van der Waals surface area contributed by atoms with Crippen molar-refractivity contribution in [2.24, 2.45) is 0 Å². The van der Waals surface area contributed by atoms with E-state index in [4.69, 9.17) is 16.3 Å². The third-order valence-corrected chi connectivity index (χ3v) is 6.26. The van der Waals surface area contributed by atoms with Gasteiger partial charge in [-0.05, 0) is 36.6 Å². The van der Waals surface area contributed by atoms with E-state index in [1.165, 1.54) is 18.3 Å². The van der Waals surface area contributed by atoms with Gasteiger partial charge in [0.05, 0.1) is 17.5 Å². The lowest BCUT2D eigenvalue weighted by Crippen LogP contribution is -2.40. The highest BCUT2D eigenvalue weighted by Gasteiger charge is 2.58. The monoisotopic (exact) mass is 386 g/mol. The molecule has 3 aliphatic rings. The van der Waals surface area contributed by atoms with Gasteiger partial charge in [-0.25, -0.2) is 9.18 Å². The summed E-state index contributed by atoms with van der Waals surface area (Å²) in [5, 5.41) is 0.276. The topological polar surface area (TPSA) is 59.5 Å². The molecule has 5 nitrogen and oxygen atoms in total. The summed E-state index contributed by atoms with van der Waals surface area (Å²) in [5.74, 6) is -0.850. The average Bonchev–Trinajstić information content (AvgIpc) is 3.27. The van der Waals surface area contributed by atoms with E-state index in [9.17, 15) is 14.0 Å². The Balaban J connectivity index is 1.44. The van der Waals surface area contributed by atoms with Gasteiger partial charge in [0.15, 0.2) is 5.60 Å². The van der Waals surface area contributed by atoms with Crippen LogP contribution in [-0.2, 0) is 20.5 Å². The third-order valence-electron chi connectivity index (χ3n) is 5.95. The summed E-state index contributed by atoms with van der Waals surface area (Å²) in [6.45, 7) is 0.809. The van der Waals surface area contributed by atoms with Crippen LogP contribution in [0.4, 0.5) is 4.39 Å². The lowest BCUT2D eigenvalue weighted by Gasteiger charge is -2.27. The van der Waals surface area contributed by atoms with Crippen LogP contribution in [0.1, 0.15) is 40.7 Å². The molecule has 7 heteroatoms. The van der Waals surface area contributed by atoms with Gasteiger partial charge in [-0.15, -0.1) is 0 Å². The number of carbonyl (C=O) groups is 2. The Morgan fingerprint density at radius 2 is 2.04 bits per heavy atom. The van der Waals surface area contributed by atoms with Gasteiger partial charge in [-0.3, -0.25) is 9.78 Å². The average molecular weight is 387 g/mol. The molecule has 2 aliphatic heterocycles. The Morgan fingerprint density at radius 3 is 2.78 bits per heavy atom. The fraction of sp³-hybridized carbons (Fsp3) is 0.350. The first-order valence-corrected chi connectivity index (χ1v) is 9.26. The minimum Gasteiger partial charge on any atom is -0.449 e. The van der Waals surface area contributed by atoms with Crippen LogP contribution < -0.4 is 0 Å². The molecular formula is C20H16ClFN2O3. The molecule has 1 spiro atoms. The molecule has 3 heterocycles. The smallest absolute Gasteiger partial charge is 0.341 e. The maximum absolute atomic E-state index is 13.4. The zero-order chi connectivity index (χ0) is 18.8. The van der Waals surface area contributed by atoms with Crippen LogP contribution in [0, 0.1) is 5.82 Å². The molecule has 1 atom stereocenters. The number of hydrogen-bond donors (Lipinski definition) is 0.